The van der Waals surface area contributed by atoms with Crippen LogP contribution in [0.25, 0.3) is 0 Å². The maximum Gasteiger partial charge on any atom is 0.0397 e. The van der Waals surface area contributed by atoms with Gasteiger partial charge in [-0.1, -0.05) is 13.8 Å². The second-order valence-electron chi connectivity index (χ2n) is 3.47. The first-order chi connectivity index (χ1) is 6.00. The summed E-state index contributed by atoms with van der Waals surface area (Å²) in [6, 6.07) is 4.59. The van der Waals surface area contributed by atoms with Crippen LogP contribution in [0.15, 0.2) is 12.1 Å². The maximum absolute atomic E-state index is 2.41. The van der Waals surface area contributed by atoms with Gasteiger partial charge in [0.1, 0.15) is 0 Å². The van der Waals surface area contributed by atoms with Gasteiger partial charge in [-0.3, -0.25) is 0 Å². The van der Waals surface area contributed by atoms with E-state index in [0.717, 1.165) is 5.92 Å². The van der Waals surface area contributed by atoms with Gasteiger partial charge in [-0.25, -0.2) is 0 Å². The lowest BCUT2D eigenvalue weighted by atomic mass is 10.0. The molecule has 13 heavy (non-hydrogen) atoms. The highest BCUT2D eigenvalue weighted by molar-refractivity contribution is 14.1. The van der Waals surface area contributed by atoms with Crippen molar-refractivity contribution in [3.8, 4) is 0 Å². The van der Waals surface area contributed by atoms with E-state index in [2.05, 4.69) is 93.8 Å². The van der Waals surface area contributed by atoms with Gasteiger partial charge < -0.3 is 0 Å². The maximum atomic E-state index is 2.41. The summed E-state index contributed by atoms with van der Waals surface area (Å²) in [5.74, 6) is 0.742. The normalized spacial score (nSPS) is 10.9. The molecule has 1 aromatic carbocycles. The summed E-state index contributed by atoms with van der Waals surface area (Å²) >= 11 is 7.22. The molecule has 0 spiro atoms. The van der Waals surface area contributed by atoms with Gasteiger partial charge in [0.2, 0.25) is 0 Å². The second-order valence-corrected chi connectivity index (χ2v) is 6.87. The minimum atomic E-state index is 0.742. The quantitative estimate of drug-likeness (QED) is 0.399. The zero-order chi connectivity index (χ0) is 10.0. The summed E-state index contributed by atoms with van der Waals surface area (Å²) in [6.45, 7) is 4.52. The van der Waals surface area contributed by atoms with E-state index < -0.39 is 0 Å². The number of hydrogen-bond donors (Lipinski definition) is 0. The minimum absolute atomic E-state index is 0.742. The third-order valence-corrected chi connectivity index (χ3v) is 6.62. The Balaban J connectivity index is 2.99. The van der Waals surface area contributed by atoms with Crippen LogP contribution in [0.2, 0.25) is 0 Å². The van der Waals surface area contributed by atoms with Gasteiger partial charge in [0.15, 0.2) is 0 Å². The molecular formula is C10H11I3. The Morgan fingerprint density at radius 3 is 1.92 bits per heavy atom. The van der Waals surface area contributed by atoms with Crippen molar-refractivity contribution in [3.63, 3.8) is 0 Å². The molecule has 0 N–H and O–H groups in total. The monoisotopic (exact) mass is 512 g/mol. The average molecular weight is 512 g/mol. The standard InChI is InChI=1S/C10H11I3/c1-6(2)3-7-4-8(11)10(13)9(12)5-7/h4-6H,3H2,1-2H3. The summed E-state index contributed by atoms with van der Waals surface area (Å²) < 4.78 is 4.13. The Bertz CT molecular complexity index is 282. The zero-order valence-electron chi connectivity index (χ0n) is 7.57. The Labute approximate surface area is 121 Å². The Morgan fingerprint density at radius 2 is 1.54 bits per heavy atom. The fourth-order valence-corrected chi connectivity index (χ4v) is 3.41. The molecule has 0 atom stereocenters. The molecule has 0 amide bonds. The van der Waals surface area contributed by atoms with Crippen LogP contribution < -0.4 is 0 Å². The van der Waals surface area contributed by atoms with Crippen LogP contribution in [-0.2, 0) is 6.42 Å². The van der Waals surface area contributed by atoms with Crippen LogP contribution in [0.1, 0.15) is 19.4 Å². The topological polar surface area (TPSA) is 0 Å². The van der Waals surface area contributed by atoms with Gasteiger partial charge in [-0.2, -0.15) is 0 Å². The van der Waals surface area contributed by atoms with Gasteiger partial charge in [-0.05, 0) is 97.8 Å². The summed E-state index contributed by atoms with van der Waals surface area (Å²) in [4.78, 5) is 0. The summed E-state index contributed by atoms with van der Waals surface area (Å²) in [7, 11) is 0. The number of rotatable bonds is 2. The predicted octanol–water partition coefficient (Wildman–Crippen LogP) is 4.70. The van der Waals surface area contributed by atoms with Crippen molar-refractivity contribution in [2.75, 3.05) is 0 Å². The van der Waals surface area contributed by atoms with Gasteiger partial charge in [-0.15, -0.1) is 0 Å². The highest BCUT2D eigenvalue weighted by Gasteiger charge is 2.05. The van der Waals surface area contributed by atoms with Crippen LogP contribution in [0.4, 0.5) is 0 Å². The van der Waals surface area contributed by atoms with Crippen LogP contribution in [0.5, 0.6) is 0 Å². The fraction of sp³-hybridized carbons (Fsp3) is 0.400. The van der Waals surface area contributed by atoms with Crippen molar-refractivity contribution in [2.45, 2.75) is 20.3 Å². The van der Waals surface area contributed by atoms with Crippen molar-refractivity contribution in [1.29, 1.82) is 0 Å². The minimum Gasteiger partial charge on any atom is -0.0625 e. The van der Waals surface area contributed by atoms with Gasteiger partial charge >= 0.3 is 0 Å². The number of hydrogen-bond acceptors (Lipinski definition) is 0. The summed E-state index contributed by atoms with van der Waals surface area (Å²) in [5.41, 5.74) is 1.46. The van der Waals surface area contributed by atoms with Crippen LogP contribution in [0, 0.1) is 16.6 Å². The number of halogens is 3. The molecule has 0 saturated heterocycles. The first-order valence-electron chi connectivity index (χ1n) is 4.14. The predicted molar refractivity (Wildman–Crippen MR) is 83.1 cm³/mol. The van der Waals surface area contributed by atoms with Crippen LogP contribution in [0.3, 0.4) is 0 Å². The van der Waals surface area contributed by atoms with Crippen molar-refractivity contribution in [1.82, 2.24) is 0 Å². The third kappa shape index (κ3) is 3.81. The molecule has 0 aromatic heterocycles. The van der Waals surface area contributed by atoms with E-state index in [1.165, 1.54) is 22.7 Å². The highest BCUT2D eigenvalue weighted by Crippen LogP contribution is 2.24. The molecule has 0 nitrogen and oxygen atoms in total. The first-order valence-corrected chi connectivity index (χ1v) is 7.37. The summed E-state index contributed by atoms with van der Waals surface area (Å²) in [5, 5.41) is 0. The second kappa shape index (κ2) is 5.48. The Morgan fingerprint density at radius 1 is 1.08 bits per heavy atom. The van der Waals surface area contributed by atoms with E-state index in [-0.39, 0.29) is 0 Å². The Hall–Kier alpha value is 1.41. The molecular weight excluding hydrogens is 501 g/mol. The SMILES string of the molecule is CC(C)Cc1cc(I)c(I)c(I)c1. The molecule has 72 valence electrons. The molecule has 0 heterocycles. The van der Waals surface area contributed by atoms with Gasteiger partial charge in [0.05, 0.1) is 0 Å². The van der Waals surface area contributed by atoms with Crippen molar-refractivity contribution >= 4 is 67.8 Å². The number of benzene rings is 1. The molecule has 1 rings (SSSR count). The fourth-order valence-electron chi connectivity index (χ4n) is 1.20. The first kappa shape index (κ1) is 12.5. The molecule has 0 aliphatic heterocycles. The van der Waals surface area contributed by atoms with E-state index in [9.17, 15) is 0 Å². The lowest BCUT2D eigenvalue weighted by Gasteiger charge is -2.08. The molecule has 3 heteroatoms. The lowest BCUT2D eigenvalue weighted by Crippen LogP contribution is -1.97. The molecule has 1 aromatic rings. The molecule has 0 fully saturated rings. The molecule has 0 unspecified atom stereocenters. The van der Waals surface area contributed by atoms with Gasteiger partial charge in [0.25, 0.3) is 0 Å². The largest absolute Gasteiger partial charge is 0.0625 e. The van der Waals surface area contributed by atoms with Crippen molar-refractivity contribution in [3.05, 3.63) is 28.4 Å². The van der Waals surface area contributed by atoms with Crippen molar-refractivity contribution in [2.24, 2.45) is 5.92 Å². The van der Waals surface area contributed by atoms with Crippen LogP contribution in [-0.4, -0.2) is 0 Å². The molecule has 0 aliphatic carbocycles. The average Bonchev–Trinajstić information content (AvgIpc) is 1.98. The summed E-state index contributed by atoms with van der Waals surface area (Å²) in [6.07, 6.45) is 1.18. The van der Waals surface area contributed by atoms with E-state index in [1.54, 1.807) is 0 Å². The van der Waals surface area contributed by atoms with E-state index in [4.69, 9.17) is 0 Å². The Kier molecular flexibility index (Phi) is 5.26. The van der Waals surface area contributed by atoms with E-state index >= 15 is 0 Å². The molecule has 0 bridgehead atoms. The lowest BCUT2D eigenvalue weighted by molar-refractivity contribution is 0.646. The van der Waals surface area contributed by atoms with Crippen LogP contribution >= 0.6 is 67.8 Å². The van der Waals surface area contributed by atoms with E-state index in [0.29, 0.717) is 0 Å². The molecule has 0 aliphatic rings. The van der Waals surface area contributed by atoms with Crippen molar-refractivity contribution < 1.29 is 0 Å². The van der Waals surface area contributed by atoms with E-state index in [1.807, 2.05) is 0 Å². The highest BCUT2D eigenvalue weighted by atomic mass is 127. The molecule has 0 radical (unpaired) electrons. The third-order valence-electron chi connectivity index (χ3n) is 1.69. The molecule has 0 saturated carbocycles. The zero-order valence-corrected chi connectivity index (χ0v) is 14.0. The van der Waals surface area contributed by atoms with Gasteiger partial charge in [0, 0.05) is 10.7 Å². The smallest absolute Gasteiger partial charge is 0.0397 e.